The summed E-state index contributed by atoms with van der Waals surface area (Å²) in [4.78, 5) is 46.8. The van der Waals surface area contributed by atoms with Crippen molar-refractivity contribution in [3.63, 3.8) is 0 Å². The molecule has 0 N–H and O–H groups in total. The second-order valence-corrected chi connectivity index (χ2v) is 11.0. The van der Waals surface area contributed by atoms with Crippen molar-refractivity contribution >= 4 is 45.9 Å². The molecular weight excluding hydrogens is 526 g/mol. The van der Waals surface area contributed by atoms with Gasteiger partial charge in [0.15, 0.2) is 0 Å². The maximum Gasteiger partial charge on any atom is 0.294 e. The number of nitro benzene ring substituents is 1. The van der Waals surface area contributed by atoms with Crippen molar-refractivity contribution in [3.05, 3.63) is 148 Å². The second kappa shape index (κ2) is 8.78. The second-order valence-electron chi connectivity index (χ2n) is 11.0. The molecule has 5 aromatic rings. The minimum atomic E-state index is -1.11. The Morgan fingerprint density at radius 1 is 0.738 bits per heavy atom. The van der Waals surface area contributed by atoms with Crippen LogP contribution in [0, 0.1) is 22.0 Å². The topological polar surface area (TPSA) is 92.9 Å². The number of carbonyl (C=O) groups is 2. The summed E-state index contributed by atoms with van der Waals surface area (Å²) >= 11 is 0. The standard InChI is InChI=1S/C35H23N3O4/c39-33-31-30-23-13-3-5-15-25(23)35(26-16-6-4-14-24(26)30,20-36-27-17-7-8-18-29(27)38(41)42)32(31)34(40)37(33)28-19-9-11-21-10-1-2-12-22(21)28/h1-20,30-32H/t30?,31-,32-,35?/m0/s1. The van der Waals surface area contributed by atoms with E-state index in [0.717, 1.165) is 33.0 Å². The number of nitrogens with zero attached hydrogens (tertiary/aromatic N) is 3. The predicted octanol–water partition coefficient (Wildman–Crippen LogP) is 6.70. The Labute approximate surface area is 240 Å². The van der Waals surface area contributed by atoms with Crippen LogP contribution in [0.1, 0.15) is 28.2 Å². The lowest BCUT2D eigenvalue weighted by Gasteiger charge is -2.52. The molecule has 2 bridgehead atoms. The first-order chi connectivity index (χ1) is 20.5. The van der Waals surface area contributed by atoms with E-state index in [4.69, 9.17) is 4.99 Å². The number of hydrogen-bond donors (Lipinski definition) is 0. The van der Waals surface area contributed by atoms with Gasteiger partial charge in [0.1, 0.15) is 5.69 Å². The third kappa shape index (κ3) is 3.07. The highest BCUT2D eigenvalue weighted by atomic mass is 16.6. The molecule has 7 nitrogen and oxygen atoms in total. The molecule has 1 aliphatic heterocycles. The molecule has 2 atom stereocenters. The van der Waals surface area contributed by atoms with Crippen molar-refractivity contribution in [2.75, 3.05) is 4.90 Å². The molecule has 2 amide bonds. The smallest absolute Gasteiger partial charge is 0.274 e. The molecule has 202 valence electrons. The number of benzene rings is 5. The molecule has 9 rings (SSSR count). The maximum atomic E-state index is 14.7. The number of fused-ring (bicyclic) bond motifs is 1. The van der Waals surface area contributed by atoms with Gasteiger partial charge in [0, 0.05) is 23.6 Å². The van der Waals surface area contributed by atoms with E-state index >= 15 is 0 Å². The summed E-state index contributed by atoms with van der Waals surface area (Å²) < 4.78 is 0. The zero-order valence-electron chi connectivity index (χ0n) is 22.3. The zero-order chi connectivity index (χ0) is 28.6. The molecule has 3 aliphatic carbocycles. The van der Waals surface area contributed by atoms with Gasteiger partial charge in [-0.3, -0.25) is 24.7 Å². The minimum absolute atomic E-state index is 0.126. The summed E-state index contributed by atoms with van der Waals surface area (Å²) in [6.07, 6.45) is 1.69. The number of imide groups is 1. The Bertz CT molecular complexity index is 1960. The number of rotatable bonds is 4. The molecular formula is C35H23N3O4. The van der Waals surface area contributed by atoms with Gasteiger partial charge < -0.3 is 0 Å². The number of para-hydroxylation sites is 2. The van der Waals surface area contributed by atoms with Crippen LogP contribution in [0.2, 0.25) is 0 Å². The van der Waals surface area contributed by atoms with Crippen LogP contribution in [0.25, 0.3) is 10.8 Å². The maximum absolute atomic E-state index is 14.7. The quantitative estimate of drug-likeness (QED) is 0.108. The summed E-state index contributed by atoms with van der Waals surface area (Å²) in [6.45, 7) is 0. The largest absolute Gasteiger partial charge is 0.294 e. The van der Waals surface area contributed by atoms with Crippen LogP contribution in [0.15, 0.2) is 120 Å². The van der Waals surface area contributed by atoms with Gasteiger partial charge in [-0.15, -0.1) is 0 Å². The molecule has 7 heteroatoms. The van der Waals surface area contributed by atoms with Gasteiger partial charge in [0.2, 0.25) is 11.8 Å². The van der Waals surface area contributed by atoms with Crippen molar-refractivity contribution in [2.45, 2.75) is 11.3 Å². The lowest BCUT2D eigenvalue weighted by molar-refractivity contribution is -0.384. The Hall–Kier alpha value is -5.43. The summed E-state index contributed by atoms with van der Waals surface area (Å²) in [6, 6.07) is 35.5. The molecule has 42 heavy (non-hydrogen) atoms. The predicted molar refractivity (Wildman–Crippen MR) is 160 cm³/mol. The summed E-state index contributed by atoms with van der Waals surface area (Å²) in [7, 11) is 0. The molecule has 1 fully saturated rings. The van der Waals surface area contributed by atoms with E-state index in [0.29, 0.717) is 5.69 Å². The van der Waals surface area contributed by atoms with Gasteiger partial charge in [-0.1, -0.05) is 97.1 Å². The van der Waals surface area contributed by atoms with Gasteiger partial charge in [0.05, 0.1) is 27.9 Å². The Balaban J connectivity index is 1.41. The number of hydrogen-bond acceptors (Lipinski definition) is 5. The lowest BCUT2D eigenvalue weighted by atomic mass is 9.47. The highest BCUT2D eigenvalue weighted by molar-refractivity contribution is 6.27. The van der Waals surface area contributed by atoms with Crippen LogP contribution < -0.4 is 4.90 Å². The normalized spacial score (nSPS) is 23.7. The van der Waals surface area contributed by atoms with E-state index in [2.05, 4.69) is 0 Å². The highest BCUT2D eigenvalue weighted by Gasteiger charge is 2.68. The number of amides is 2. The van der Waals surface area contributed by atoms with Crippen molar-refractivity contribution in [3.8, 4) is 0 Å². The Kier molecular flexibility index (Phi) is 5.10. The van der Waals surface area contributed by atoms with Crippen LogP contribution in [0.5, 0.6) is 0 Å². The van der Waals surface area contributed by atoms with E-state index in [1.807, 2.05) is 91.0 Å². The van der Waals surface area contributed by atoms with Gasteiger partial charge in [-0.25, -0.2) is 4.90 Å². The third-order valence-electron chi connectivity index (χ3n) is 9.18. The number of aliphatic imine (C=N–C) groups is 1. The van der Waals surface area contributed by atoms with Crippen LogP contribution in [-0.4, -0.2) is 23.0 Å². The Morgan fingerprint density at radius 3 is 2.10 bits per heavy atom. The van der Waals surface area contributed by atoms with Gasteiger partial charge in [-0.2, -0.15) is 0 Å². The number of anilines is 1. The molecule has 1 heterocycles. The first kappa shape index (κ1) is 24.4. The first-order valence-electron chi connectivity index (χ1n) is 13.9. The monoisotopic (exact) mass is 549 g/mol. The number of nitro groups is 1. The molecule has 0 spiro atoms. The van der Waals surface area contributed by atoms with Gasteiger partial charge in [-0.05, 0) is 39.8 Å². The molecule has 1 saturated heterocycles. The van der Waals surface area contributed by atoms with Crippen LogP contribution in [0.3, 0.4) is 0 Å². The van der Waals surface area contributed by atoms with Crippen molar-refractivity contribution in [1.29, 1.82) is 0 Å². The fourth-order valence-electron chi connectivity index (χ4n) is 7.59. The highest BCUT2D eigenvalue weighted by Crippen LogP contribution is 2.64. The van der Waals surface area contributed by atoms with E-state index in [1.54, 1.807) is 24.4 Å². The zero-order valence-corrected chi connectivity index (χ0v) is 22.3. The Morgan fingerprint density at radius 2 is 1.36 bits per heavy atom. The molecule has 0 saturated carbocycles. The molecule has 0 aromatic heterocycles. The van der Waals surface area contributed by atoms with Crippen molar-refractivity contribution < 1.29 is 14.5 Å². The summed E-state index contributed by atoms with van der Waals surface area (Å²) in [5.41, 5.74) is 3.28. The minimum Gasteiger partial charge on any atom is -0.274 e. The summed E-state index contributed by atoms with van der Waals surface area (Å²) in [5.74, 6) is -2.26. The molecule has 4 aliphatic rings. The van der Waals surface area contributed by atoms with Crippen LogP contribution >= 0.6 is 0 Å². The summed E-state index contributed by atoms with van der Waals surface area (Å²) in [5, 5.41) is 13.6. The van der Waals surface area contributed by atoms with Crippen molar-refractivity contribution in [1.82, 2.24) is 0 Å². The van der Waals surface area contributed by atoms with Crippen LogP contribution in [-0.2, 0) is 15.0 Å². The van der Waals surface area contributed by atoms with E-state index in [1.165, 1.54) is 11.0 Å². The fourth-order valence-corrected chi connectivity index (χ4v) is 7.59. The van der Waals surface area contributed by atoms with E-state index in [-0.39, 0.29) is 29.1 Å². The average Bonchev–Trinajstić information content (AvgIpc) is 3.30. The van der Waals surface area contributed by atoms with E-state index < -0.39 is 22.2 Å². The number of carbonyl (C=O) groups excluding carboxylic acids is 2. The van der Waals surface area contributed by atoms with E-state index in [9.17, 15) is 19.7 Å². The average molecular weight is 550 g/mol. The van der Waals surface area contributed by atoms with Crippen LogP contribution in [0.4, 0.5) is 17.1 Å². The van der Waals surface area contributed by atoms with Gasteiger partial charge in [0.25, 0.3) is 5.69 Å². The SMILES string of the molecule is O=C1[C@@H]2[C@@H](C(=O)N1c1cccc3ccccc13)C1c3ccccc3C2(C=Nc2ccccc2[N+](=O)[O-])c2ccccc21. The van der Waals surface area contributed by atoms with Gasteiger partial charge >= 0.3 is 0 Å². The molecule has 5 aromatic carbocycles. The third-order valence-corrected chi connectivity index (χ3v) is 9.18. The molecule has 0 unspecified atom stereocenters. The lowest BCUT2D eigenvalue weighted by Crippen LogP contribution is -2.54. The first-order valence-corrected chi connectivity index (χ1v) is 13.9. The van der Waals surface area contributed by atoms with Crippen molar-refractivity contribution in [2.24, 2.45) is 16.8 Å². The fraction of sp³-hybridized carbons (Fsp3) is 0.114. The molecule has 0 radical (unpaired) electrons.